The molecule has 0 aromatic rings. The fourth-order valence-corrected chi connectivity index (χ4v) is 1.41. The van der Waals surface area contributed by atoms with E-state index >= 15 is 0 Å². The molecule has 0 spiro atoms. The first kappa shape index (κ1) is 9.87. The summed E-state index contributed by atoms with van der Waals surface area (Å²) >= 11 is 0. The Kier molecular flexibility index (Phi) is 3.85. The molecule has 0 radical (unpaired) electrons. The minimum atomic E-state index is -3.37. The highest BCUT2D eigenvalue weighted by Gasteiger charge is 2.09. The molecule has 10 heavy (non-hydrogen) atoms. The molecule has 0 aromatic heterocycles. The predicted octanol–water partition coefficient (Wildman–Crippen LogP) is -0.300. The van der Waals surface area contributed by atoms with E-state index in [4.69, 9.17) is 9.88 Å². The van der Waals surface area contributed by atoms with Crippen LogP contribution in [0.25, 0.3) is 0 Å². The molecule has 0 heterocycles. The van der Waals surface area contributed by atoms with Gasteiger partial charge in [-0.15, -0.1) is 0 Å². The Bertz CT molecular complexity index is 175. The summed E-state index contributed by atoms with van der Waals surface area (Å²) in [6.45, 7) is 3.99. The lowest BCUT2D eigenvalue weighted by Gasteiger charge is -2.08. The van der Waals surface area contributed by atoms with Crippen molar-refractivity contribution in [2.75, 3.05) is 12.4 Å². The van der Waals surface area contributed by atoms with Crippen molar-refractivity contribution in [3.63, 3.8) is 0 Å². The normalized spacial score (nSPS) is 15.1. The molecule has 0 fully saturated rings. The molecule has 0 saturated heterocycles. The zero-order valence-corrected chi connectivity index (χ0v) is 7.02. The molecule has 0 amide bonds. The van der Waals surface area contributed by atoms with Crippen LogP contribution in [-0.2, 0) is 14.8 Å². The highest BCUT2D eigenvalue weighted by Crippen LogP contribution is 1.92. The Morgan fingerprint density at radius 3 is 2.40 bits per heavy atom. The van der Waals surface area contributed by atoms with Gasteiger partial charge >= 0.3 is 0 Å². The maximum Gasteiger partial charge on any atom is 0.211 e. The van der Waals surface area contributed by atoms with Gasteiger partial charge in [-0.3, -0.25) is 0 Å². The van der Waals surface area contributed by atoms with Crippen LogP contribution in [0.2, 0.25) is 0 Å². The number of hydrogen-bond donors (Lipinski definition) is 1. The van der Waals surface area contributed by atoms with Crippen molar-refractivity contribution in [2.24, 2.45) is 5.14 Å². The summed E-state index contributed by atoms with van der Waals surface area (Å²) in [6, 6.07) is 0. The second-order valence-corrected chi connectivity index (χ2v) is 3.75. The summed E-state index contributed by atoms with van der Waals surface area (Å²) in [5.74, 6) is -0.110. The molecule has 0 rings (SSSR count). The molecule has 62 valence electrons. The van der Waals surface area contributed by atoms with E-state index in [-0.39, 0.29) is 11.9 Å². The van der Waals surface area contributed by atoms with Crippen molar-refractivity contribution in [3.8, 4) is 0 Å². The first-order valence-electron chi connectivity index (χ1n) is 3.07. The topological polar surface area (TPSA) is 69.4 Å². The van der Waals surface area contributed by atoms with Gasteiger partial charge in [-0.05, 0) is 13.8 Å². The van der Waals surface area contributed by atoms with Crippen LogP contribution in [-0.4, -0.2) is 26.9 Å². The Balaban J connectivity index is 3.69. The van der Waals surface area contributed by atoms with E-state index in [9.17, 15) is 8.42 Å². The number of primary sulfonamides is 1. The molecule has 0 bridgehead atoms. The highest BCUT2D eigenvalue weighted by atomic mass is 32.2. The molecule has 1 atom stereocenters. The number of sulfonamides is 1. The van der Waals surface area contributed by atoms with Gasteiger partial charge in [-0.2, -0.15) is 0 Å². The molecule has 0 aliphatic rings. The molecule has 5 heteroatoms. The summed E-state index contributed by atoms with van der Waals surface area (Å²) in [6.07, 6.45) is -0.306. The number of ether oxygens (including phenoxy) is 1. The monoisotopic (exact) mass is 167 g/mol. The summed E-state index contributed by atoms with van der Waals surface area (Å²) < 4.78 is 25.8. The standard InChI is InChI=1S/C5H13NO3S/c1-3-9-5(2)4-10(6,7)8/h5H,3-4H2,1-2H3,(H2,6,7,8). The molecule has 4 nitrogen and oxygen atoms in total. The Hall–Kier alpha value is -0.130. The molecule has 0 aliphatic carbocycles. The second-order valence-electron chi connectivity index (χ2n) is 2.10. The van der Waals surface area contributed by atoms with Gasteiger partial charge in [0, 0.05) is 6.61 Å². The number of nitrogens with two attached hydrogens (primary N) is 1. The fraction of sp³-hybridized carbons (Fsp3) is 1.00. The maximum absolute atomic E-state index is 10.4. The van der Waals surface area contributed by atoms with Crippen molar-refractivity contribution in [1.29, 1.82) is 0 Å². The quantitative estimate of drug-likeness (QED) is 0.625. The van der Waals surface area contributed by atoms with Gasteiger partial charge in [-0.25, -0.2) is 13.6 Å². The average molecular weight is 167 g/mol. The smallest absolute Gasteiger partial charge is 0.211 e. The van der Waals surface area contributed by atoms with Crippen LogP contribution in [0.3, 0.4) is 0 Å². The summed E-state index contributed by atoms with van der Waals surface area (Å²) in [5, 5.41) is 4.76. The molecular formula is C5H13NO3S. The molecule has 1 unspecified atom stereocenters. The van der Waals surface area contributed by atoms with Crippen molar-refractivity contribution >= 4 is 10.0 Å². The second kappa shape index (κ2) is 3.90. The van der Waals surface area contributed by atoms with Gasteiger partial charge in [0.25, 0.3) is 0 Å². The first-order valence-corrected chi connectivity index (χ1v) is 4.79. The molecule has 0 aliphatic heterocycles. The van der Waals surface area contributed by atoms with Crippen LogP contribution >= 0.6 is 0 Å². The van der Waals surface area contributed by atoms with Crippen molar-refractivity contribution < 1.29 is 13.2 Å². The maximum atomic E-state index is 10.4. The van der Waals surface area contributed by atoms with E-state index in [2.05, 4.69) is 0 Å². The van der Waals surface area contributed by atoms with Crippen LogP contribution in [0.1, 0.15) is 13.8 Å². The Labute approximate surface area is 61.4 Å². The molecule has 0 aromatic carbocycles. The van der Waals surface area contributed by atoms with Crippen molar-refractivity contribution in [2.45, 2.75) is 20.0 Å². The van der Waals surface area contributed by atoms with E-state index in [0.717, 1.165) is 0 Å². The van der Waals surface area contributed by atoms with Gasteiger partial charge in [0.15, 0.2) is 0 Å². The van der Waals surface area contributed by atoms with Crippen LogP contribution < -0.4 is 5.14 Å². The molecular weight excluding hydrogens is 154 g/mol. The Morgan fingerprint density at radius 1 is 1.60 bits per heavy atom. The van der Waals surface area contributed by atoms with E-state index in [1.807, 2.05) is 0 Å². The van der Waals surface area contributed by atoms with Gasteiger partial charge in [-0.1, -0.05) is 0 Å². The third-order valence-corrected chi connectivity index (χ3v) is 1.85. The Morgan fingerprint density at radius 2 is 2.10 bits per heavy atom. The SMILES string of the molecule is CCOC(C)CS(N)(=O)=O. The zero-order chi connectivity index (χ0) is 8.20. The summed E-state index contributed by atoms with van der Waals surface area (Å²) in [4.78, 5) is 0. The minimum absolute atomic E-state index is 0.110. The molecule has 2 N–H and O–H groups in total. The zero-order valence-electron chi connectivity index (χ0n) is 6.20. The van der Waals surface area contributed by atoms with Crippen LogP contribution in [0.15, 0.2) is 0 Å². The largest absolute Gasteiger partial charge is 0.378 e. The number of rotatable bonds is 4. The van der Waals surface area contributed by atoms with E-state index < -0.39 is 10.0 Å². The van der Waals surface area contributed by atoms with Crippen LogP contribution in [0, 0.1) is 0 Å². The van der Waals surface area contributed by atoms with Crippen LogP contribution in [0.4, 0.5) is 0 Å². The van der Waals surface area contributed by atoms with Crippen molar-refractivity contribution in [1.82, 2.24) is 0 Å². The lowest BCUT2D eigenvalue weighted by molar-refractivity contribution is 0.0919. The third kappa shape index (κ3) is 6.00. The van der Waals surface area contributed by atoms with E-state index in [0.29, 0.717) is 6.61 Å². The summed E-state index contributed by atoms with van der Waals surface area (Å²) in [7, 11) is -3.37. The van der Waals surface area contributed by atoms with Crippen molar-refractivity contribution in [3.05, 3.63) is 0 Å². The van der Waals surface area contributed by atoms with E-state index in [1.54, 1.807) is 13.8 Å². The first-order chi connectivity index (χ1) is 4.45. The van der Waals surface area contributed by atoms with Gasteiger partial charge in [0.1, 0.15) is 0 Å². The van der Waals surface area contributed by atoms with E-state index in [1.165, 1.54) is 0 Å². The molecule has 0 saturated carbocycles. The lowest BCUT2D eigenvalue weighted by atomic mass is 10.5. The van der Waals surface area contributed by atoms with Crippen LogP contribution in [0.5, 0.6) is 0 Å². The van der Waals surface area contributed by atoms with Gasteiger partial charge < -0.3 is 4.74 Å². The van der Waals surface area contributed by atoms with Gasteiger partial charge in [0.2, 0.25) is 10.0 Å². The highest BCUT2D eigenvalue weighted by molar-refractivity contribution is 7.89. The fourth-order valence-electron chi connectivity index (χ4n) is 0.660. The minimum Gasteiger partial charge on any atom is -0.378 e. The number of hydrogen-bond acceptors (Lipinski definition) is 3. The third-order valence-electron chi connectivity index (χ3n) is 0.918. The predicted molar refractivity (Wildman–Crippen MR) is 39.1 cm³/mol. The lowest BCUT2D eigenvalue weighted by Crippen LogP contribution is -2.26. The summed E-state index contributed by atoms with van der Waals surface area (Å²) in [5.41, 5.74) is 0. The average Bonchev–Trinajstić information content (AvgIpc) is 1.59. The van der Waals surface area contributed by atoms with Gasteiger partial charge in [0.05, 0.1) is 11.9 Å².